The van der Waals surface area contributed by atoms with Gasteiger partial charge in [0.2, 0.25) is 0 Å². The zero-order chi connectivity index (χ0) is 11.9. The van der Waals surface area contributed by atoms with E-state index in [-0.39, 0.29) is 0 Å². The highest BCUT2D eigenvalue weighted by Crippen LogP contribution is 2.34. The van der Waals surface area contributed by atoms with E-state index in [1.807, 2.05) is 12.4 Å². The van der Waals surface area contributed by atoms with Gasteiger partial charge in [0.15, 0.2) is 0 Å². The number of hydrogen-bond acceptors (Lipinski definition) is 2. The smallest absolute Gasteiger partial charge is 0.0270 e. The molecule has 0 aliphatic heterocycles. The van der Waals surface area contributed by atoms with Gasteiger partial charge in [-0.1, -0.05) is 19.8 Å². The molecule has 0 saturated heterocycles. The van der Waals surface area contributed by atoms with Gasteiger partial charge in [-0.2, -0.15) is 0 Å². The average Bonchev–Trinajstić information content (AvgIpc) is 3.18. The van der Waals surface area contributed by atoms with Crippen molar-refractivity contribution in [3.63, 3.8) is 0 Å². The Hall–Kier alpha value is -0.890. The second-order valence-electron chi connectivity index (χ2n) is 5.17. The summed E-state index contributed by atoms with van der Waals surface area (Å²) in [4.78, 5) is 4.06. The van der Waals surface area contributed by atoms with Crippen LogP contribution in [0.25, 0.3) is 0 Å². The summed E-state index contributed by atoms with van der Waals surface area (Å²) in [5, 5.41) is 3.62. The zero-order valence-electron chi connectivity index (χ0n) is 10.9. The molecule has 1 aliphatic rings. The van der Waals surface area contributed by atoms with E-state index < -0.39 is 0 Å². The van der Waals surface area contributed by atoms with Crippen molar-refractivity contribution in [2.45, 2.75) is 51.5 Å². The number of aryl methyl sites for hydroxylation is 1. The molecule has 0 spiro atoms. The molecule has 1 N–H and O–H groups in total. The van der Waals surface area contributed by atoms with Gasteiger partial charge in [-0.25, -0.2) is 0 Å². The van der Waals surface area contributed by atoms with Crippen LogP contribution in [0.1, 0.15) is 44.6 Å². The van der Waals surface area contributed by atoms with Crippen molar-refractivity contribution in [1.82, 2.24) is 10.3 Å². The van der Waals surface area contributed by atoms with Crippen molar-refractivity contribution >= 4 is 0 Å². The summed E-state index contributed by atoms with van der Waals surface area (Å²) in [6, 6.07) is 4.96. The SMILES string of the molecule is CCNC(CCc1ccncc1)CCC1CC1. The molecular formula is C15H24N2. The van der Waals surface area contributed by atoms with Crippen LogP contribution in [0.2, 0.25) is 0 Å². The second-order valence-corrected chi connectivity index (χ2v) is 5.17. The monoisotopic (exact) mass is 232 g/mol. The molecule has 17 heavy (non-hydrogen) atoms. The summed E-state index contributed by atoms with van der Waals surface area (Å²) in [6.45, 7) is 3.29. The Balaban J connectivity index is 1.71. The Labute approximate surface area is 105 Å². The van der Waals surface area contributed by atoms with Crippen molar-refractivity contribution in [2.75, 3.05) is 6.54 Å². The molecule has 0 bridgehead atoms. The normalized spacial score (nSPS) is 17.0. The van der Waals surface area contributed by atoms with Crippen LogP contribution in [0.5, 0.6) is 0 Å². The molecule has 1 aliphatic carbocycles. The second kappa shape index (κ2) is 6.75. The van der Waals surface area contributed by atoms with Crippen molar-refractivity contribution in [1.29, 1.82) is 0 Å². The Kier molecular flexibility index (Phi) is 4.99. The van der Waals surface area contributed by atoms with Gasteiger partial charge >= 0.3 is 0 Å². The van der Waals surface area contributed by atoms with Crippen LogP contribution in [-0.2, 0) is 6.42 Å². The fourth-order valence-electron chi connectivity index (χ4n) is 2.37. The number of rotatable bonds is 8. The molecule has 2 nitrogen and oxygen atoms in total. The standard InChI is InChI=1S/C15H24N2/c1-2-17-15(7-5-13-3-4-13)8-6-14-9-11-16-12-10-14/h9-13,15,17H,2-8H2,1H3. The zero-order valence-corrected chi connectivity index (χ0v) is 10.9. The van der Waals surface area contributed by atoms with Gasteiger partial charge in [-0.3, -0.25) is 4.98 Å². The number of nitrogens with one attached hydrogen (secondary N) is 1. The van der Waals surface area contributed by atoms with E-state index in [1.165, 1.54) is 44.1 Å². The van der Waals surface area contributed by atoms with Crippen LogP contribution in [0.4, 0.5) is 0 Å². The van der Waals surface area contributed by atoms with Gasteiger partial charge in [-0.15, -0.1) is 0 Å². The lowest BCUT2D eigenvalue weighted by Gasteiger charge is -2.17. The first kappa shape index (κ1) is 12.6. The van der Waals surface area contributed by atoms with Crippen LogP contribution in [0.3, 0.4) is 0 Å². The molecular weight excluding hydrogens is 208 g/mol. The molecule has 1 unspecified atom stereocenters. The summed E-state index contributed by atoms with van der Waals surface area (Å²) < 4.78 is 0. The van der Waals surface area contributed by atoms with Gasteiger partial charge in [0.25, 0.3) is 0 Å². The van der Waals surface area contributed by atoms with Crippen molar-refractivity contribution in [3.8, 4) is 0 Å². The first-order valence-electron chi connectivity index (χ1n) is 7.00. The number of hydrogen-bond donors (Lipinski definition) is 1. The van der Waals surface area contributed by atoms with Gasteiger partial charge in [0.1, 0.15) is 0 Å². The maximum atomic E-state index is 4.06. The topological polar surface area (TPSA) is 24.9 Å². The minimum atomic E-state index is 0.703. The lowest BCUT2D eigenvalue weighted by Crippen LogP contribution is -2.29. The van der Waals surface area contributed by atoms with Gasteiger partial charge < -0.3 is 5.32 Å². The minimum absolute atomic E-state index is 0.703. The Morgan fingerprint density at radius 2 is 2.06 bits per heavy atom. The molecule has 1 saturated carbocycles. The van der Waals surface area contributed by atoms with Crippen LogP contribution in [-0.4, -0.2) is 17.6 Å². The quantitative estimate of drug-likeness (QED) is 0.744. The molecule has 1 fully saturated rings. The molecule has 1 atom stereocenters. The van der Waals surface area contributed by atoms with Crippen LogP contribution < -0.4 is 5.32 Å². The Morgan fingerprint density at radius 1 is 1.29 bits per heavy atom. The van der Waals surface area contributed by atoms with Crippen LogP contribution in [0.15, 0.2) is 24.5 Å². The summed E-state index contributed by atoms with van der Waals surface area (Å²) in [7, 11) is 0. The molecule has 1 heterocycles. The van der Waals surface area contributed by atoms with E-state index in [1.54, 1.807) is 0 Å². The van der Waals surface area contributed by atoms with Crippen LogP contribution >= 0.6 is 0 Å². The minimum Gasteiger partial charge on any atom is -0.314 e. The van der Waals surface area contributed by atoms with E-state index in [4.69, 9.17) is 0 Å². The summed E-state index contributed by atoms with van der Waals surface area (Å²) in [6.07, 6.45) is 11.9. The highest BCUT2D eigenvalue weighted by molar-refractivity contribution is 5.09. The lowest BCUT2D eigenvalue weighted by molar-refractivity contribution is 0.440. The summed E-state index contributed by atoms with van der Waals surface area (Å²) in [5.41, 5.74) is 1.41. The summed E-state index contributed by atoms with van der Waals surface area (Å²) >= 11 is 0. The maximum absolute atomic E-state index is 4.06. The highest BCUT2D eigenvalue weighted by Gasteiger charge is 2.22. The maximum Gasteiger partial charge on any atom is 0.0270 e. The van der Waals surface area contributed by atoms with Gasteiger partial charge in [0.05, 0.1) is 0 Å². The first-order valence-corrected chi connectivity index (χ1v) is 7.00. The molecule has 2 rings (SSSR count). The Morgan fingerprint density at radius 3 is 2.71 bits per heavy atom. The van der Waals surface area contributed by atoms with Gasteiger partial charge in [-0.05, 0) is 55.8 Å². The third kappa shape index (κ3) is 4.86. The largest absolute Gasteiger partial charge is 0.314 e. The van der Waals surface area contributed by atoms with E-state index in [0.717, 1.165) is 12.5 Å². The summed E-state index contributed by atoms with van der Waals surface area (Å²) in [5.74, 6) is 1.05. The van der Waals surface area contributed by atoms with Crippen molar-refractivity contribution in [2.24, 2.45) is 5.92 Å². The molecule has 94 valence electrons. The number of nitrogens with zero attached hydrogens (tertiary/aromatic N) is 1. The lowest BCUT2D eigenvalue weighted by atomic mass is 10.0. The fraction of sp³-hybridized carbons (Fsp3) is 0.667. The van der Waals surface area contributed by atoms with Crippen molar-refractivity contribution in [3.05, 3.63) is 30.1 Å². The number of aromatic nitrogens is 1. The third-order valence-corrected chi connectivity index (χ3v) is 3.64. The van der Waals surface area contributed by atoms with Gasteiger partial charge in [0, 0.05) is 18.4 Å². The average molecular weight is 232 g/mol. The molecule has 1 aromatic rings. The molecule has 0 radical (unpaired) electrons. The molecule has 0 amide bonds. The fourth-order valence-corrected chi connectivity index (χ4v) is 2.37. The van der Waals surface area contributed by atoms with Crippen LogP contribution in [0, 0.1) is 5.92 Å². The van der Waals surface area contributed by atoms with E-state index in [2.05, 4.69) is 29.4 Å². The molecule has 0 aromatic carbocycles. The molecule has 1 aromatic heterocycles. The van der Waals surface area contributed by atoms with Crippen molar-refractivity contribution < 1.29 is 0 Å². The number of pyridine rings is 1. The predicted octanol–water partition coefficient (Wildman–Crippen LogP) is 3.18. The molecule has 2 heteroatoms. The van der Waals surface area contributed by atoms with E-state index in [9.17, 15) is 0 Å². The predicted molar refractivity (Wildman–Crippen MR) is 72.0 cm³/mol. The first-order chi connectivity index (χ1) is 8.38. The van der Waals surface area contributed by atoms with E-state index >= 15 is 0 Å². The highest BCUT2D eigenvalue weighted by atomic mass is 14.9. The third-order valence-electron chi connectivity index (χ3n) is 3.64. The Bertz CT molecular complexity index is 306. The van der Waals surface area contributed by atoms with E-state index in [0.29, 0.717) is 6.04 Å².